The van der Waals surface area contributed by atoms with Crippen molar-refractivity contribution >= 4 is 11.8 Å². The Morgan fingerprint density at radius 2 is 2.33 bits per heavy atom. The summed E-state index contributed by atoms with van der Waals surface area (Å²) in [6.07, 6.45) is 2.02. The molecular formula is C9H12O2S. The Kier molecular flexibility index (Phi) is 3.97. The third-order valence-corrected chi connectivity index (χ3v) is 2.13. The number of benzene rings is 1. The molecule has 0 saturated heterocycles. The van der Waals surface area contributed by atoms with Gasteiger partial charge in [-0.25, -0.2) is 0 Å². The lowest BCUT2D eigenvalue weighted by Crippen LogP contribution is -2.01. The molecule has 0 aliphatic rings. The van der Waals surface area contributed by atoms with Gasteiger partial charge in [-0.1, -0.05) is 6.07 Å². The fraction of sp³-hybridized carbons (Fsp3) is 0.333. The van der Waals surface area contributed by atoms with Gasteiger partial charge in [0.15, 0.2) is 0 Å². The second-order valence-corrected chi connectivity index (χ2v) is 3.13. The maximum atomic E-state index is 8.52. The van der Waals surface area contributed by atoms with E-state index in [-0.39, 0.29) is 6.61 Å². The summed E-state index contributed by atoms with van der Waals surface area (Å²) in [6, 6.07) is 7.81. The number of ether oxygens (including phenoxy) is 1. The van der Waals surface area contributed by atoms with Crippen molar-refractivity contribution in [2.45, 2.75) is 4.90 Å². The van der Waals surface area contributed by atoms with Gasteiger partial charge in [0.2, 0.25) is 0 Å². The Hall–Kier alpha value is -0.670. The monoisotopic (exact) mass is 184 g/mol. The van der Waals surface area contributed by atoms with Gasteiger partial charge in [0.25, 0.3) is 0 Å². The largest absolute Gasteiger partial charge is 0.491 e. The molecule has 0 unspecified atom stereocenters. The molecule has 0 aromatic heterocycles. The van der Waals surface area contributed by atoms with E-state index in [4.69, 9.17) is 9.84 Å². The summed E-state index contributed by atoms with van der Waals surface area (Å²) in [5.74, 6) is 0.816. The number of aliphatic hydroxyl groups excluding tert-OH is 1. The molecule has 66 valence electrons. The van der Waals surface area contributed by atoms with E-state index in [2.05, 4.69) is 0 Å². The lowest BCUT2D eigenvalue weighted by Gasteiger charge is -2.04. The Balaban J connectivity index is 2.60. The van der Waals surface area contributed by atoms with E-state index in [9.17, 15) is 0 Å². The Morgan fingerprint density at radius 1 is 1.50 bits per heavy atom. The minimum Gasteiger partial charge on any atom is -0.491 e. The number of hydrogen-bond donors (Lipinski definition) is 1. The first kappa shape index (κ1) is 9.42. The normalized spacial score (nSPS) is 9.83. The lowest BCUT2D eigenvalue weighted by molar-refractivity contribution is 0.201. The van der Waals surface area contributed by atoms with Crippen molar-refractivity contribution in [2.75, 3.05) is 19.5 Å². The first-order valence-corrected chi connectivity index (χ1v) is 4.97. The molecule has 0 heterocycles. The summed E-state index contributed by atoms with van der Waals surface area (Å²) in [5.41, 5.74) is 0. The third-order valence-electron chi connectivity index (χ3n) is 1.40. The zero-order chi connectivity index (χ0) is 8.81. The highest BCUT2D eigenvalue weighted by atomic mass is 32.2. The van der Waals surface area contributed by atoms with Crippen LogP contribution < -0.4 is 4.74 Å². The summed E-state index contributed by atoms with van der Waals surface area (Å²) < 4.78 is 5.23. The van der Waals surface area contributed by atoms with Crippen LogP contribution in [0.15, 0.2) is 29.2 Å². The van der Waals surface area contributed by atoms with Gasteiger partial charge < -0.3 is 9.84 Å². The molecule has 1 N–H and O–H groups in total. The molecule has 0 aliphatic heterocycles. The standard InChI is InChI=1S/C9H12O2S/c1-12-9-4-2-3-8(7-9)11-6-5-10/h2-4,7,10H,5-6H2,1H3. The number of rotatable bonds is 4. The molecule has 0 spiro atoms. The molecule has 1 aromatic rings. The Bertz CT molecular complexity index is 238. The van der Waals surface area contributed by atoms with Crippen molar-refractivity contribution in [1.82, 2.24) is 0 Å². The van der Waals surface area contributed by atoms with E-state index < -0.39 is 0 Å². The molecule has 0 saturated carbocycles. The summed E-state index contributed by atoms with van der Waals surface area (Å²) in [6.45, 7) is 0.418. The molecule has 0 fully saturated rings. The van der Waals surface area contributed by atoms with Gasteiger partial charge >= 0.3 is 0 Å². The van der Waals surface area contributed by atoms with Crippen LogP contribution in [-0.2, 0) is 0 Å². The average molecular weight is 184 g/mol. The molecular weight excluding hydrogens is 172 g/mol. The first-order valence-electron chi connectivity index (χ1n) is 3.74. The smallest absolute Gasteiger partial charge is 0.120 e. The SMILES string of the molecule is CSc1cccc(OCCO)c1. The van der Waals surface area contributed by atoms with Crippen LogP contribution in [0, 0.1) is 0 Å². The van der Waals surface area contributed by atoms with Gasteiger partial charge in [0, 0.05) is 4.90 Å². The summed E-state index contributed by atoms with van der Waals surface area (Å²) in [4.78, 5) is 1.17. The van der Waals surface area contributed by atoms with E-state index in [1.165, 1.54) is 4.90 Å². The molecule has 0 radical (unpaired) electrons. The van der Waals surface area contributed by atoms with Crippen LogP contribution in [0.5, 0.6) is 5.75 Å². The van der Waals surface area contributed by atoms with Gasteiger partial charge in [0.1, 0.15) is 12.4 Å². The molecule has 0 amide bonds. The summed E-state index contributed by atoms with van der Waals surface area (Å²) >= 11 is 1.67. The van der Waals surface area contributed by atoms with Crippen LogP contribution in [0.4, 0.5) is 0 Å². The van der Waals surface area contributed by atoms with E-state index in [0.29, 0.717) is 6.61 Å². The van der Waals surface area contributed by atoms with Gasteiger partial charge in [0.05, 0.1) is 6.61 Å². The molecule has 3 heteroatoms. The number of thioether (sulfide) groups is 1. The van der Waals surface area contributed by atoms with Crippen LogP contribution in [0.3, 0.4) is 0 Å². The number of aliphatic hydroxyl groups is 1. The van der Waals surface area contributed by atoms with Crippen molar-refractivity contribution in [3.8, 4) is 5.75 Å². The minimum atomic E-state index is 0.0590. The maximum Gasteiger partial charge on any atom is 0.120 e. The van der Waals surface area contributed by atoms with E-state index in [1.54, 1.807) is 11.8 Å². The van der Waals surface area contributed by atoms with Crippen molar-refractivity contribution in [3.63, 3.8) is 0 Å². The van der Waals surface area contributed by atoms with Crippen LogP contribution in [0.25, 0.3) is 0 Å². The van der Waals surface area contributed by atoms with Crippen LogP contribution in [0.1, 0.15) is 0 Å². The Morgan fingerprint density at radius 3 is 3.00 bits per heavy atom. The van der Waals surface area contributed by atoms with E-state index >= 15 is 0 Å². The van der Waals surface area contributed by atoms with Crippen LogP contribution in [-0.4, -0.2) is 24.6 Å². The molecule has 1 aromatic carbocycles. The lowest BCUT2D eigenvalue weighted by atomic mass is 10.3. The van der Waals surface area contributed by atoms with Crippen molar-refractivity contribution in [1.29, 1.82) is 0 Å². The van der Waals surface area contributed by atoms with Crippen LogP contribution >= 0.6 is 11.8 Å². The second kappa shape index (κ2) is 5.06. The van der Waals surface area contributed by atoms with Crippen molar-refractivity contribution in [3.05, 3.63) is 24.3 Å². The minimum absolute atomic E-state index is 0.0590. The predicted octanol–water partition coefficient (Wildman–Crippen LogP) is 1.78. The van der Waals surface area contributed by atoms with E-state index in [0.717, 1.165) is 5.75 Å². The third kappa shape index (κ3) is 2.75. The summed E-state index contributed by atoms with van der Waals surface area (Å²) in [7, 11) is 0. The highest BCUT2D eigenvalue weighted by molar-refractivity contribution is 7.98. The zero-order valence-corrected chi connectivity index (χ0v) is 7.80. The molecule has 0 atom stereocenters. The van der Waals surface area contributed by atoms with Gasteiger partial charge in [-0.2, -0.15) is 0 Å². The Labute approximate surface area is 76.6 Å². The quantitative estimate of drug-likeness (QED) is 0.723. The molecule has 12 heavy (non-hydrogen) atoms. The van der Waals surface area contributed by atoms with Gasteiger partial charge in [-0.3, -0.25) is 0 Å². The molecule has 0 bridgehead atoms. The van der Waals surface area contributed by atoms with Gasteiger partial charge in [-0.15, -0.1) is 11.8 Å². The topological polar surface area (TPSA) is 29.5 Å². The highest BCUT2D eigenvalue weighted by Crippen LogP contribution is 2.20. The average Bonchev–Trinajstić information content (AvgIpc) is 2.15. The van der Waals surface area contributed by atoms with Crippen LogP contribution in [0.2, 0.25) is 0 Å². The molecule has 0 aliphatic carbocycles. The number of hydrogen-bond acceptors (Lipinski definition) is 3. The van der Waals surface area contributed by atoms with E-state index in [1.807, 2.05) is 30.5 Å². The zero-order valence-electron chi connectivity index (χ0n) is 6.99. The maximum absolute atomic E-state index is 8.52. The first-order chi connectivity index (χ1) is 5.86. The fourth-order valence-corrected chi connectivity index (χ4v) is 1.30. The molecule has 1 rings (SSSR count). The second-order valence-electron chi connectivity index (χ2n) is 2.25. The summed E-state index contributed by atoms with van der Waals surface area (Å²) in [5, 5.41) is 8.52. The van der Waals surface area contributed by atoms with Gasteiger partial charge in [-0.05, 0) is 24.5 Å². The van der Waals surface area contributed by atoms with Crippen molar-refractivity contribution < 1.29 is 9.84 Å². The van der Waals surface area contributed by atoms with Crippen molar-refractivity contribution in [2.24, 2.45) is 0 Å². The highest BCUT2D eigenvalue weighted by Gasteiger charge is 1.94. The predicted molar refractivity (Wildman–Crippen MR) is 50.8 cm³/mol. The fourth-order valence-electron chi connectivity index (χ4n) is 0.854. The molecule has 2 nitrogen and oxygen atoms in total.